The van der Waals surface area contributed by atoms with Crippen LogP contribution in [0.15, 0.2) is 35.4 Å². The standard InChI is InChI=1S/C22H27N3O2S/c1-27-17-11-9-15(10-12-17)18-14-28-22(24-18)20-19(26)13-25(21(20)23)16-7-5-3-2-4-6-8-16/h9-12,14,16,23,26H,2-8,13H2,1H3. The van der Waals surface area contributed by atoms with Gasteiger partial charge in [-0.05, 0) is 37.1 Å². The number of hydrogen-bond donors (Lipinski definition) is 2. The Hall–Kier alpha value is -2.34. The van der Waals surface area contributed by atoms with Crippen molar-refractivity contribution in [1.29, 1.82) is 5.41 Å². The lowest BCUT2D eigenvalue weighted by molar-refractivity contribution is 0.253. The molecular formula is C22H27N3O2S. The number of methoxy groups -OCH3 is 1. The Labute approximate surface area is 170 Å². The lowest BCUT2D eigenvalue weighted by Gasteiger charge is -2.31. The van der Waals surface area contributed by atoms with Crippen LogP contribution in [0.5, 0.6) is 5.75 Å². The van der Waals surface area contributed by atoms with E-state index in [0.717, 1.165) is 34.9 Å². The maximum absolute atomic E-state index is 10.6. The number of thiazole rings is 1. The Morgan fingerprint density at radius 2 is 1.79 bits per heavy atom. The largest absolute Gasteiger partial charge is 0.510 e. The molecule has 0 amide bonds. The summed E-state index contributed by atoms with van der Waals surface area (Å²) in [6.07, 6.45) is 8.53. The second-order valence-electron chi connectivity index (χ2n) is 7.56. The van der Waals surface area contributed by atoms with Crippen molar-refractivity contribution in [3.05, 3.63) is 40.4 Å². The summed E-state index contributed by atoms with van der Waals surface area (Å²) >= 11 is 1.49. The molecule has 0 bridgehead atoms. The number of benzene rings is 1. The molecule has 2 aliphatic rings. The van der Waals surface area contributed by atoms with E-state index < -0.39 is 0 Å². The Morgan fingerprint density at radius 1 is 1.11 bits per heavy atom. The molecule has 1 aromatic carbocycles. The van der Waals surface area contributed by atoms with Crippen molar-refractivity contribution in [3.8, 4) is 17.0 Å². The van der Waals surface area contributed by atoms with Gasteiger partial charge in [0.2, 0.25) is 0 Å². The maximum Gasteiger partial charge on any atom is 0.135 e. The first-order valence-corrected chi connectivity index (χ1v) is 10.9. The lowest BCUT2D eigenvalue weighted by Crippen LogP contribution is -2.37. The number of nitrogens with zero attached hydrogens (tertiary/aromatic N) is 2. The molecule has 4 rings (SSSR count). The highest BCUT2D eigenvalue weighted by atomic mass is 32.1. The van der Waals surface area contributed by atoms with Crippen molar-refractivity contribution in [3.63, 3.8) is 0 Å². The van der Waals surface area contributed by atoms with Gasteiger partial charge in [0.1, 0.15) is 22.4 Å². The van der Waals surface area contributed by atoms with E-state index in [2.05, 4.69) is 4.90 Å². The molecule has 0 saturated heterocycles. The van der Waals surface area contributed by atoms with Gasteiger partial charge in [0.05, 0.1) is 24.9 Å². The highest BCUT2D eigenvalue weighted by Gasteiger charge is 2.34. The fraction of sp³-hybridized carbons (Fsp3) is 0.455. The van der Waals surface area contributed by atoms with Gasteiger partial charge in [-0.3, -0.25) is 5.41 Å². The average Bonchev–Trinajstić information content (AvgIpc) is 3.26. The third-order valence-corrected chi connectivity index (χ3v) is 6.61. The summed E-state index contributed by atoms with van der Waals surface area (Å²) < 4.78 is 5.21. The van der Waals surface area contributed by atoms with Crippen LogP contribution in [0.1, 0.15) is 50.0 Å². The molecule has 6 heteroatoms. The molecule has 2 aromatic rings. The third kappa shape index (κ3) is 3.78. The van der Waals surface area contributed by atoms with Crippen LogP contribution in [0.4, 0.5) is 0 Å². The number of ether oxygens (including phenoxy) is 1. The smallest absolute Gasteiger partial charge is 0.135 e. The van der Waals surface area contributed by atoms with Crippen LogP contribution in [0.3, 0.4) is 0 Å². The van der Waals surface area contributed by atoms with Crippen LogP contribution in [-0.4, -0.2) is 40.5 Å². The van der Waals surface area contributed by atoms with E-state index >= 15 is 0 Å². The number of rotatable bonds is 4. The first-order valence-electron chi connectivity index (χ1n) is 10.1. The average molecular weight is 398 g/mol. The van der Waals surface area contributed by atoms with Crippen LogP contribution in [0, 0.1) is 5.41 Å². The molecule has 0 atom stereocenters. The summed E-state index contributed by atoms with van der Waals surface area (Å²) in [5.74, 6) is 1.52. The second kappa shape index (κ2) is 8.35. The molecule has 1 aliphatic carbocycles. The SMILES string of the molecule is COc1ccc(-c2csc(C3=C(O)CN(C4CCCCCCC4)C3=N)n2)cc1. The van der Waals surface area contributed by atoms with Crippen molar-refractivity contribution in [1.82, 2.24) is 9.88 Å². The minimum Gasteiger partial charge on any atom is -0.510 e. The molecule has 1 aromatic heterocycles. The van der Waals surface area contributed by atoms with E-state index in [4.69, 9.17) is 15.1 Å². The summed E-state index contributed by atoms with van der Waals surface area (Å²) in [6.45, 7) is 0.441. The summed E-state index contributed by atoms with van der Waals surface area (Å²) in [7, 11) is 1.65. The van der Waals surface area contributed by atoms with Gasteiger partial charge in [0.15, 0.2) is 0 Å². The van der Waals surface area contributed by atoms with Gasteiger partial charge in [0, 0.05) is 17.0 Å². The summed E-state index contributed by atoms with van der Waals surface area (Å²) in [4.78, 5) is 6.81. The molecule has 1 saturated carbocycles. The molecule has 28 heavy (non-hydrogen) atoms. The van der Waals surface area contributed by atoms with Gasteiger partial charge in [-0.15, -0.1) is 11.3 Å². The van der Waals surface area contributed by atoms with Gasteiger partial charge in [-0.2, -0.15) is 0 Å². The number of hydrogen-bond acceptors (Lipinski definition) is 5. The van der Waals surface area contributed by atoms with E-state index in [9.17, 15) is 5.11 Å². The number of aliphatic hydroxyl groups is 1. The number of aliphatic hydroxyl groups excluding tert-OH is 1. The number of aromatic nitrogens is 1. The Balaban J connectivity index is 1.53. The van der Waals surface area contributed by atoms with Gasteiger partial charge >= 0.3 is 0 Å². The van der Waals surface area contributed by atoms with E-state index in [0.29, 0.717) is 24.0 Å². The first kappa shape index (κ1) is 19.0. The van der Waals surface area contributed by atoms with Gasteiger partial charge in [-0.25, -0.2) is 4.98 Å². The predicted molar refractivity (Wildman–Crippen MR) is 114 cm³/mol. The van der Waals surface area contributed by atoms with Crippen LogP contribution in [0.2, 0.25) is 0 Å². The number of amidine groups is 1. The first-order chi connectivity index (χ1) is 13.7. The van der Waals surface area contributed by atoms with Crippen LogP contribution in [-0.2, 0) is 0 Å². The maximum atomic E-state index is 10.6. The zero-order valence-electron chi connectivity index (χ0n) is 16.3. The van der Waals surface area contributed by atoms with Gasteiger partial charge in [-0.1, -0.05) is 32.1 Å². The van der Waals surface area contributed by atoms with Crippen molar-refractivity contribution < 1.29 is 9.84 Å². The topological polar surface area (TPSA) is 69.4 Å². The molecule has 0 radical (unpaired) electrons. The molecular weight excluding hydrogens is 370 g/mol. The third-order valence-electron chi connectivity index (χ3n) is 5.75. The quantitative estimate of drug-likeness (QED) is 0.715. The molecule has 2 N–H and O–H groups in total. The van der Waals surface area contributed by atoms with Gasteiger partial charge < -0.3 is 14.7 Å². The minimum absolute atomic E-state index is 0.280. The Morgan fingerprint density at radius 3 is 2.46 bits per heavy atom. The molecule has 1 aliphatic heterocycles. The predicted octanol–water partition coefficient (Wildman–Crippen LogP) is 5.49. The Kier molecular flexibility index (Phi) is 5.67. The van der Waals surface area contributed by atoms with E-state index in [1.54, 1.807) is 7.11 Å². The normalized spacial score (nSPS) is 19.0. The highest BCUT2D eigenvalue weighted by molar-refractivity contribution is 7.11. The lowest BCUT2D eigenvalue weighted by atomic mass is 9.95. The van der Waals surface area contributed by atoms with Crippen molar-refractivity contribution in [2.75, 3.05) is 13.7 Å². The van der Waals surface area contributed by atoms with E-state index in [1.165, 1.54) is 43.4 Å². The van der Waals surface area contributed by atoms with Crippen molar-refractivity contribution >= 4 is 22.7 Å². The fourth-order valence-corrected chi connectivity index (χ4v) is 5.06. The van der Waals surface area contributed by atoms with Crippen molar-refractivity contribution in [2.24, 2.45) is 0 Å². The van der Waals surface area contributed by atoms with E-state index in [-0.39, 0.29) is 5.76 Å². The number of nitrogens with one attached hydrogen (secondary N) is 1. The zero-order chi connectivity index (χ0) is 19.5. The molecule has 0 spiro atoms. The molecule has 1 fully saturated rings. The van der Waals surface area contributed by atoms with Crippen molar-refractivity contribution in [2.45, 2.75) is 51.0 Å². The van der Waals surface area contributed by atoms with Crippen LogP contribution in [0.25, 0.3) is 16.8 Å². The molecule has 0 unspecified atom stereocenters. The van der Waals surface area contributed by atoms with Gasteiger partial charge in [0.25, 0.3) is 0 Å². The van der Waals surface area contributed by atoms with Crippen LogP contribution >= 0.6 is 11.3 Å². The van der Waals surface area contributed by atoms with Crippen LogP contribution < -0.4 is 4.74 Å². The monoisotopic (exact) mass is 397 g/mol. The molecule has 2 heterocycles. The van der Waals surface area contributed by atoms with E-state index in [1.807, 2.05) is 29.6 Å². The Bertz CT molecular complexity index is 864. The summed E-state index contributed by atoms with van der Waals surface area (Å²) in [5.41, 5.74) is 2.47. The summed E-state index contributed by atoms with van der Waals surface area (Å²) in [6, 6.07) is 8.14. The molecule has 148 valence electrons. The molecule has 5 nitrogen and oxygen atoms in total. The zero-order valence-corrected chi connectivity index (χ0v) is 17.1. The highest BCUT2D eigenvalue weighted by Crippen LogP contribution is 2.35. The fourth-order valence-electron chi connectivity index (χ4n) is 4.17. The minimum atomic E-state index is 0.280. The summed E-state index contributed by atoms with van der Waals surface area (Å²) in [5, 5.41) is 22.1. The second-order valence-corrected chi connectivity index (χ2v) is 8.42.